The van der Waals surface area contributed by atoms with Gasteiger partial charge in [0.15, 0.2) is 0 Å². The summed E-state index contributed by atoms with van der Waals surface area (Å²) in [6, 6.07) is 13.7. The van der Waals surface area contributed by atoms with Crippen molar-refractivity contribution in [3.63, 3.8) is 0 Å². The highest BCUT2D eigenvalue weighted by molar-refractivity contribution is 6.44. The van der Waals surface area contributed by atoms with Crippen LogP contribution < -0.4 is 5.32 Å². The van der Waals surface area contributed by atoms with E-state index in [1.54, 1.807) is 24.3 Å². The first-order valence-corrected chi connectivity index (χ1v) is 9.53. The number of hydrogen-bond acceptors (Lipinski definition) is 4. The van der Waals surface area contributed by atoms with Crippen molar-refractivity contribution < 1.29 is 19.2 Å². The Morgan fingerprint density at radius 1 is 0.897 bits per heavy atom. The van der Waals surface area contributed by atoms with Crippen LogP contribution in [0.25, 0.3) is 0 Å². The van der Waals surface area contributed by atoms with Crippen LogP contribution in [0.15, 0.2) is 48.5 Å². The number of carbonyl (C=O) groups is 4. The number of rotatable bonds is 7. The Morgan fingerprint density at radius 3 is 2.07 bits per heavy atom. The molecule has 1 aliphatic heterocycles. The van der Waals surface area contributed by atoms with Gasteiger partial charge in [-0.2, -0.15) is 0 Å². The minimum Gasteiger partial charge on any atom is -0.322 e. The molecule has 1 heterocycles. The molecule has 1 saturated heterocycles. The molecule has 0 atom stereocenters. The van der Waals surface area contributed by atoms with Gasteiger partial charge in [0.1, 0.15) is 0 Å². The zero-order chi connectivity index (χ0) is 21.0. The minimum absolute atomic E-state index is 0.0190. The van der Waals surface area contributed by atoms with E-state index >= 15 is 0 Å². The van der Waals surface area contributed by atoms with Crippen molar-refractivity contribution >= 4 is 29.4 Å². The summed E-state index contributed by atoms with van der Waals surface area (Å²) in [6.45, 7) is 2.13. The van der Waals surface area contributed by atoms with Gasteiger partial charge in [-0.25, -0.2) is 4.79 Å². The van der Waals surface area contributed by atoms with Crippen molar-refractivity contribution in [1.82, 2.24) is 9.80 Å². The Labute approximate surface area is 169 Å². The molecule has 1 fully saturated rings. The second kappa shape index (κ2) is 8.68. The largest absolute Gasteiger partial charge is 0.334 e. The van der Waals surface area contributed by atoms with E-state index in [1.807, 2.05) is 24.3 Å². The van der Waals surface area contributed by atoms with E-state index in [0.717, 1.165) is 29.1 Å². The average Bonchev–Trinajstić information content (AvgIpc) is 2.91. The third kappa shape index (κ3) is 4.51. The summed E-state index contributed by atoms with van der Waals surface area (Å²) in [6.07, 6.45) is 3.30. The molecule has 0 spiro atoms. The number of urea groups is 1. The van der Waals surface area contributed by atoms with Crippen LogP contribution in [0.3, 0.4) is 0 Å². The second-order valence-corrected chi connectivity index (χ2v) is 6.99. The normalized spacial score (nSPS) is 13.9. The zero-order valence-electron chi connectivity index (χ0n) is 16.5. The Balaban J connectivity index is 1.61. The van der Waals surface area contributed by atoms with Crippen LogP contribution in [0.1, 0.15) is 41.3 Å². The summed E-state index contributed by atoms with van der Waals surface area (Å²) in [7, 11) is 1.27. The molecule has 5 amide bonds. The van der Waals surface area contributed by atoms with Gasteiger partial charge in [-0.1, -0.05) is 37.6 Å². The molecule has 2 aromatic carbocycles. The topological polar surface area (TPSA) is 86.8 Å². The first kappa shape index (κ1) is 20.3. The number of benzene rings is 2. The highest BCUT2D eigenvalue weighted by Crippen LogP contribution is 2.16. The number of unbranched alkanes of at least 4 members (excludes halogenated alkanes) is 1. The van der Waals surface area contributed by atoms with E-state index in [1.165, 1.54) is 12.6 Å². The number of likely N-dealkylation sites (N-methyl/N-ethyl adjacent to an activating group) is 1. The van der Waals surface area contributed by atoms with Gasteiger partial charge in [-0.15, -0.1) is 0 Å². The van der Waals surface area contributed by atoms with Crippen molar-refractivity contribution in [3.05, 3.63) is 65.2 Å². The van der Waals surface area contributed by atoms with Crippen LogP contribution in [-0.4, -0.2) is 40.6 Å². The third-order valence-corrected chi connectivity index (χ3v) is 4.84. The number of hydrogen-bond donors (Lipinski definition) is 1. The summed E-state index contributed by atoms with van der Waals surface area (Å²) in [5.41, 5.74) is 3.06. The molecule has 7 heteroatoms. The number of nitrogens with one attached hydrogen (secondary N) is 1. The van der Waals surface area contributed by atoms with Crippen LogP contribution in [0, 0.1) is 0 Å². The van der Waals surface area contributed by atoms with Crippen molar-refractivity contribution in [2.75, 3.05) is 12.4 Å². The van der Waals surface area contributed by atoms with Gasteiger partial charge >= 0.3 is 17.8 Å². The summed E-state index contributed by atoms with van der Waals surface area (Å²) >= 11 is 0. The molecule has 0 aromatic heterocycles. The number of aryl methyl sites for hydroxylation is 1. The van der Waals surface area contributed by atoms with Crippen LogP contribution in [0.5, 0.6) is 0 Å². The van der Waals surface area contributed by atoms with Gasteiger partial charge in [0.2, 0.25) is 0 Å². The molecule has 29 heavy (non-hydrogen) atoms. The molecule has 0 saturated carbocycles. The predicted octanol–water partition coefficient (Wildman–Crippen LogP) is 3.20. The smallest absolute Gasteiger partial charge is 0.322 e. The highest BCUT2D eigenvalue weighted by atomic mass is 16.2. The average molecular weight is 393 g/mol. The van der Waals surface area contributed by atoms with Crippen molar-refractivity contribution in [2.45, 2.75) is 32.7 Å². The van der Waals surface area contributed by atoms with Gasteiger partial charge < -0.3 is 5.32 Å². The SMILES string of the molecule is CCCCc1ccc(NC(=O)c2ccc(CN3C(=O)C(=O)N(C)C3=O)cc2)cc1. The van der Waals surface area contributed by atoms with Gasteiger partial charge in [0.05, 0.1) is 6.54 Å². The molecule has 0 aliphatic carbocycles. The van der Waals surface area contributed by atoms with Crippen LogP contribution in [0.2, 0.25) is 0 Å². The van der Waals surface area contributed by atoms with Gasteiger partial charge in [0, 0.05) is 18.3 Å². The quantitative estimate of drug-likeness (QED) is 0.578. The summed E-state index contributed by atoms with van der Waals surface area (Å²) in [5.74, 6) is -1.94. The molecule has 7 nitrogen and oxygen atoms in total. The summed E-state index contributed by atoms with van der Waals surface area (Å²) in [5, 5.41) is 2.85. The van der Waals surface area contributed by atoms with Crippen LogP contribution >= 0.6 is 0 Å². The van der Waals surface area contributed by atoms with Crippen molar-refractivity contribution in [2.24, 2.45) is 0 Å². The molecule has 150 valence electrons. The fourth-order valence-corrected chi connectivity index (χ4v) is 3.04. The Kier molecular flexibility index (Phi) is 6.07. The van der Waals surface area contributed by atoms with E-state index in [4.69, 9.17) is 0 Å². The highest BCUT2D eigenvalue weighted by Gasteiger charge is 2.41. The summed E-state index contributed by atoms with van der Waals surface area (Å²) < 4.78 is 0. The number of imide groups is 2. The Bertz CT molecular complexity index is 936. The minimum atomic E-state index is -0.846. The van der Waals surface area contributed by atoms with E-state index < -0.39 is 17.8 Å². The second-order valence-electron chi connectivity index (χ2n) is 6.99. The fourth-order valence-electron chi connectivity index (χ4n) is 3.04. The molecular formula is C22H23N3O4. The Morgan fingerprint density at radius 2 is 1.52 bits per heavy atom. The van der Waals surface area contributed by atoms with E-state index in [0.29, 0.717) is 16.8 Å². The van der Waals surface area contributed by atoms with Crippen LogP contribution in [-0.2, 0) is 22.6 Å². The first-order chi connectivity index (χ1) is 13.9. The lowest BCUT2D eigenvalue weighted by Crippen LogP contribution is -2.31. The maximum atomic E-state index is 12.4. The number of nitrogens with zero attached hydrogens (tertiary/aromatic N) is 2. The number of anilines is 1. The molecule has 2 aromatic rings. The molecule has 1 aliphatic rings. The lowest BCUT2D eigenvalue weighted by molar-refractivity contribution is -0.143. The number of carbonyl (C=O) groups excluding carboxylic acids is 4. The molecule has 1 N–H and O–H groups in total. The molecule has 0 bridgehead atoms. The maximum Gasteiger partial charge on any atom is 0.334 e. The van der Waals surface area contributed by atoms with Gasteiger partial charge in [-0.05, 0) is 48.2 Å². The van der Waals surface area contributed by atoms with E-state index in [9.17, 15) is 19.2 Å². The number of amides is 5. The fraction of sp³-hybridized carbons (Fsp3) is 0.273. The van der Waals surface area contributed by atoms with E-state index in [2.05, 4.69) is 12.2 Å². The monoisotopic (exact) mass is 393 g/mol. The van der Waals surface area contributed by atoms with Gasteiger partial charge in [-0.3, -0.25) is 24.2 Å². The Hall–Kier alpha value is -3.48. The van der Waals surface area contributed by atoms with Gasteiger partial charge in [0.25, 0.3) is 5.91 Å². The van der Waals surface area contributed by atoms with Crippen molar-refractivity contribution in [3.8, 4) is 0 Å². The standard InChI is InChI=1S/C22H23N3O4/c1-3-4-5-15-8-12-18(13-9-15)23-19(26)17-10-6-16(7-11-17)14-25-21(28)20(27)24(2)22(25)29/h6-13H,3-5,14H2,1-2H3,(H,23,26). The summed E-state index contributed by atoms with van der Waals surface area (Å²) in [4.78, 5) is 49.5. The maximum absolute atomic E-state index is 12.4. The van der Waals surface area contributed by atoms with E-state index in [-0.39, 0.29) is 12.5 Å². The first-order valence-electron chi connectivity index (χ1n) is 9.53. The molecule has 0 unspecified atom stereocenters. The molecule has 0 radical (unpaired) electrons. The molecular weight excluding hydrogens is 370 g/mol. The van der Waals surface area contributed by atoms with Crippen molar-refractivity contribution in [1.29, 1.82) is 0 Å². The lowest BCUT2D eigenvalue weighted by Gasteiger charge is -2.13. The molecule has 3 rings (SSSR count). The zero-order valence-corrected chi connectivity index (χ0v) is 16.5. The predicted molar refractivity (Wildman–Crippen MR) is 108 cm³/mol. The lowest BCUT2D eigenvalue weighted by atomic mass is 10.1. The van der Waals surface area contributed by atoms with Crippen LogP contribution in [0.4, 0.5) is 10.5 Å². The third-order valence-electron chi connectivity index (χ3n) is 4.84.